The Kier molecular flexibility index (Phi) is 6.23. The molecule has 5 nitrogen and oxygen atoms in total. The lowest BCUT2D eigenvalue weighted by molar-refractivity contribution is -0.147. The zero-order valence-corrected chi connectivity index (χ0v) is 13.4. The lowest BCUT2D eigenvalue weighted by Gasteiger charge is -2.36. The molecular weight excluding hydrogens is 328 g/mol. The third-order valence-corrected chi connectivity index (χ3v) is 3.92. The van der Waals surface area contributed by atoms with E-state index in [1.165, 1.54) is 6.92 Å². The molecule has 1 rings (SSSR count). The maximum Gasteiger partial charge on any atom is 0.408 e. The third kappa shape index (κ3) is 5.19. The fourth-order valence-corrected chi connectivity index (χ4v) is 2.57. The van der Waals surface area contributed by atoms with Gasteiger partial charge in [0, 0.05) is 0 Å². The Morgan fingerprint density at radius 2 is 1.80 bits per heavy atom. The maximum atomic E-state index is 11.7. The minimum Gasteiger partial charge on any atom is -0.480 e. The van der Waals surface area contributed by atoms with Gasteiger partial charge in [0.2, 0.25) is 3.79 Å². The molecule has 0 aromatic heterocycles. The van der Waals surface area contributed by atoms with Crippen LogP contribution in [0.2, 0.25) is 0 Å². The molecule has 0 saturated heterocycles. The summed E-state index contributed by atoms with van der Waals surface area (Å²) < 4.78 is 3.01. The number of carboxylic acid groups (broad SMARTS) is 1. The summed E-state index contributed by atoms with van der Waals surface area (Å²) in [4.78, 5) is 23.2. The first kappa shape index (κ1) is 17.7. The number of halogens is 3. The summed E-state index contributed by atoms with van der Waals surface area (Å²) in [6.07, 6.45) is 3.62. The van der Waals surface area contributed by atoms with Crippen LogP contribution in [0.4, 0.5) is 4.79 Å². The molecule has 20 heavy (non-hydrogen) atoms. The minimum atomic E-state index is -1.72. The van der Waals surface area contributed by atoms with Crippen molar-refractivity contribution in [2.24, 2.45) is 5.92 Å². The molecule has 0 bridgehead atoms. The predicted molar refractivity (Wildman–Crippen MR) is 77.4 cm³/mol. The summed E-state index contributed by atoms with van der Waals surface area (Å²) in [6.45, 7) is 1.05. The van der Waals surface area contributed by atoms with Gasteiger partial charge in [0.15, 0.2) is 0 Å². The molecule has 1 fully saturated rings. The molecule has 0 heterocycles. The molecule has 1 aliphatic carbocycles. The standard InChI is InChI=1S/C12H18Cl3NO4/c1-11(9(17)18,8-5-3-2-4-6-8)16-10(19)20-7-12(13,14)15/h8H,2-7H2,1H3,(H,16,19)(H,17,18)/t11-/m1/s1. The summed E-state index contributed by atoms with van der Waals surface area (Å²) in [6, 6.07) is 0. The molecule has 1 saturated carbocycles. The quantitative estimate of drug-likeness (QED) is 0.764. The molecule has 1 aliphatic rings. The number of alkyl halides is 3. The molecule has 0 aromatic rings. The van der Waals surface area contributed by atoms with Crippen molar-refractivity contribution >= 4 is 46.9 Å². The predicted octanol–water partition coefficient (Wildman–Crippen LogP) is 3.51. The van der Waals surface area contributed by atoms with Crippen LogP contribution in [0.25, 0.3) is 0 Å². The number of hydrogen-bond acceptors (Lipinski definition) is 3. The van der Waals surface area contributed by atoms with Gasteiger partial charge in [-0.1, -0.05) is 54.1 Å². The summed E-state index contributed by atoms with van der Waals surface area (Å²) in [5.74, 6) is -1.22. The van der Waals surface area contributed by atoms with Crippen molar-refractivity contribution < 1.29 is 19.4 Å². The van der Waals surface area contributed by atoms with Crippen molar-refractivity contribution in [1.82, 2.24) is 5.32 Å². The summed E-state index contributed by atoms with van der Waals surface area (Å²) >= 11 is 16.4. The monoisotopic (exact) mass is 345 g/mol. The van der Waals surface area contributed by atoms with E-state index >= 15 is 0 Å². The second-order valence-corrected chi connectivity index (χ2v) is 7.67. The SMILES string of the molecule is C[C@](NC(=O)OCC(Cl)(Cl)Cl)(C(=O)O)C1CCCCC1. The molecular formula is C12H18Cl3NO4. The summed E-state index contributed by atoms with van der Waals surface area (Å²) in [5, 5.41) is 11.8. The zero-order chi connectivity index (χ0) is 15.4. The molecule has 8 heteroatoms. The second-order valence-electron chi connectivity index (χ2n) is 5.16. The molecule has 2 N–H and O–H groups in total. The smallest absolute Gasteiger partial charge is 0.408 e. The van der Waals surface area contributed by atoms with Crippen LogP contribution in [0.5, 0.6) is 0 Å². The van der Waals surface area contributed by atoms with E-state index in [1.54, 1.807) is 0 Å². The Morgan fingerprint density at radius 1 is 1.25 bits per heavy atom. The molecule has 1 atom stereocenters. The van der Waals surface area contributed by atoms with Crippen LogP contribution in [0.15, 0.2) is 0 Å². The van der Waals surface area contributed by atoms with Crippen LogP contribution in [0.3, 0.4) is 0 Å². The molecule has 1 amide bonds. The van der Waals surface area contributed by atoms with Crippen LogP contribution in [0.1, 0.15) is 39.0 Å². The van der Waals surface area contributed by atoms with Crippen molar-refractivity contribution in [2.75, 3.05) is 6.61 Å². The highest BCUT2D eigenvalue weighted by molar-refractivity contribution is 6.67. The lowest BCUT2D eigenvalue weighted by atomic mass is 9.75. The van der Waals surface area contributed by atoms with Gasteiger partial charge in [-0.3, -0.25) is 0 Å². The van der Waals surface area contributed by atoms with E-state index < -0.39 is 28.0 Å². The van der Waals surface area contributed by atoms with Gasteiger partial charge in [-0.2, -0.15) is 0 Å². The van der Waals surface area contributed by atoms with E-state index in [0.29, 0.717) is 0 Å². The van der Waals surface area contributed by atoms with Gasteiger partial charge < -0.3 is 15.2 Å². The molecule has 0 aromatic carbocycles. The lowest BCUT2D eigenvalue weighted by Crippen LogP contribution is -2.58. The Morgan fingerprint density at radius 3 is 2.25 bits per heavy atom. The van der Waals surface area contributed by atoms with Gasteiger partial charge in [0.05, 0.1) is 0 Å². The van der Waals surface area contributed by atoms with E-state index in [0.717, 1.165) is 32.1 Å². The van der Waals surface area contributed by atoms with E-state index in [4.69, 9.17) is 39.5 Å². The number of carboxylic acids is 1. The van der Waals surface area contributed by atoms with E-state index in [2.05, 4.69) is 5.32 Å². The zero-order valence-electron chi connectivity index (χ0n) is 11.1. The van der Waals surface area contributed by atoms with Crippen LogP contribution < -0.4 is 5.32 Å². The number of hydrogen-bond donors (Lipinski definition) is 2. The van der Waals surface area contributed by atoms with Crippen molar-refractivity contribution in [1.29, 1.82) is 0 Å². The average Bonchev–Trinajstić information content (AvgIpc) is 2.36. The first-order valence-corrected chi connectivity index (χ1v) is 7.53. The highest BCUT2D eigenvalue weighted by atomic mass is 35.6. The van der Waals surface area contributed by atoms with Crippen molar-refractivity contribution in [3.63, 3.8) is 0 Å². The van der Waals surface area contributed by atoms with Crippen LogP contribution >= 0.6 is 34.8 Å². The van der Waals surface area contributed by atoms with Crippen LogP contribution in [0, 0.1) is 5.92 Å². The number of carbonyl (C=O) groups excluding carboxylic acids is 1. The first-order chi connectivity index (χ1) is 9.15. The number of aliphatic carboxylic acids is 1. The second kappa shape index (κ2) is 7.05. The van der Waals surface area contributed by atoms with Gasteiger partial charge in [0.1, 0.15) is 12.1 Å². The van der Waals surface area contributed by atoms with Crippen LogP contribution in [-0.4, -0.2) is 33.1 Å². The van der Waals surface area contributed by atoms with Gasteiger partial charge in [-0.15, -0.1) is 0 Å². The third-order valence-electron chi connectivity index (χ3n) is 3.59. The van der Waals surface area contributed by atoms with Crippen LogP contribution in [-0.2, 0) is 9.53 Å². The normalized spacial score (nSPS) is 20.0. The minimum absolute atomic E-state index is 0.130. The number of amides is 1. The van der Waals surface area contributed by atoms with Gasteiger partial charge in [0.25, 0.3) is 0 Å². The topological polar surface area (TPSA) is 75.6 Å². The molecule has 0 radical (unpaired) electrons. The highest BCUT2D eigenvalue weighted by Gasteiger charge is 2.43. The van der Waals surface area contributed by atoms with Gasteiger partial charge in [-0.05, 0) is 25.7 Å². The number of alkyl carbamates (subject to hydrolysis) is 1. The van der Waals surface area contributed by atoms with Gasteiger partial charge >= 0.3 is 12.1 Å². The van der Waals surface area contributed by atoms with Crippen molar-refractivity contribution in [2.45, 2.75) is 48.4 Å². The van der Waals surface area contributed by atoms with Crippen molar-refractivity contribution in [3.8, 4) is 0 Å². The number of carbonyl (C=O) groups is 2. The number of ether oxygens (including phenoxy) is 1. The largest absolute Gasteiger partial charge is 0.480 e. The van der Waals surface area contributed by atoms with E-state index in [1.807, 2.05) is 0 Å². The first-order valence-electron chi connectivity index (χ1n) is 6.40. The van der Waals surface area contributed by atoms with E-state index in [-0.39, 0.29) is 5.92 Å². The Hall–Kier alpha value is -0.390. The molecule has 0 spiro atoms. The molecule has 0 aliphatic heterocycles. The van der Waals surface area contributed by atoms with Crippen molar-refractivity contribution in [3.05, 3.63) is 0 Å². The number of rotatable bonds is 4. The highest BCUT2D eigenvalue weighted by Crippen LogP contribution is 2.33. The van der Waals surface area contributed by atoms with Gasteiger partial charge in [-0.25, -0.2) is 9.59 Å². The fourth-order valence-electron chi connectivity index (χ4n) is 2.41. The molecule has 116 valence electrons. The summed E-state index contributed by atoms with van der Waals surface area (Å²) in [7, 11) is 0. The van der Waals surface area contributed by atoms with E-state index in [9.17, 15) is 14.7 Å². The molecule has 0 unspecified atom stereocenters. The maximum absolute atomic E-state index is 11.7. The number of nitrogens with one attached hydrogen (secondary N) is 1. The summed E-state index contributed by atoms with van der Waals surface area (Å²) in [5.41, 5.74) is -1.37. The fraction of sp³-hybridized carbons (Fsp3) is 0.833. The average molecular weight is 347 g/mol. The Labute approximate surface area is 132 Å². The Balaban J connectivity index is 2.66. The Bertz CT molecular complexity index is 366.